The molecule has 1 saturated heterocycles. The largest absolute Gasteiger partial charge is 0.394 e. The van der Waals surface area contributed by atoms with Crippen LogP contribution < -0.4 is 0 Å². The lowest BCUT2D eigenvalue weighted by Gasteiger charge is -2.41. The second-order valence-corrected chi connectivity index (χ2v) is 4.59. The van der Waals surface area contributed by atoms with E-state index in [0.29, 0.717) is 6.61 Å². The summed E-state index contributed by atoms with van der Waals surface area (Å²) in [6.07, 6.45) is 4.11. The minimum absolute atomic E-state index is 0.0622. The fourth-order valence-electron chi connectivity index (χ4n) is 2.67. The summed E-state index contributed by atoms with van der Waals surface area (Å²) in [4.78, 5) is 2.29. The molecule has 15 heavy (non-hydrogen) atoms. The lowest BCUT2D eigenvalue weighted by molar-refractivity contribution is -0.0877. The van der Waals surface area contributed by atoms with E-state index in [2.05, 4.69) is 4.90 Å². The van der Waals surface area contributed by atoms with Crippen molar-refractivity contribution in [3.05, 3.63) is 0 Å². The van der Waals surface area contributed by atoms with Gasteiger partial charge < -0.3 is 14.9 Å². The molecular formula is C11H21NO3. The molecule has 2 fully saturated rings. The second kappa shape index (κ2) is 5.25. The number of hydrogen-bond donors (Lipinski definition) is 2. The Morgan fingerprint density at radius 3 is 2.80 bits per heavy atom. The van der Waals surface area contributed by atoms with Crippen LogP contribution in [0.4, 0.5) is 0 Å². The van der Waals surface area contributed by atoms with Gasteiger partial charge in [-0.25, -0.2) is 0 Å². The van der Waals surface area contributed by atoms with Crippen LogP contribution in [-0.4, -0.2) is 59.7 Å². The summed E-state index contributed by atoms with van der Waals surface area (Å²) < 4.78 is 5.41. The maximum atomic E-state index is 9.94. The Bertz CT molecular complexity index is 200. The monoisotopic (exact) mass is 215 g/mol. The van der Waals surface area contributed by atoms with Crippen molar-refractivity contribution >= 4 is 0 Å². The number of ether oxygens (including phenoxy) is 1. The summed E-state index contributed by atoms with van der Waals surface area (Å²) in [6.45, 7) is 2.41. The molecule has 4 nitrogen and oxygen atoms in total. The fourth-order valence-corrected chi connectivity index (χ4v) is 2.67. The summed E-state index contributed by atoms with van der Waals surface area (Å²) >= 11 is 0. The minimum atomic E-state index is -0.184. The molecule has 4 heteroatoms. The molecule has 1 aliphatic heterocycles. The van der Waals surface area contributed by atoms with E-state index in [-0.39, 0.29) is 24.9 Å². The fraction of sp³-hybridized carbons (Fsp3) is 1.00. The van der Waals surface area contributed by atoms with E-state index in [0.717, 1.165) is 32.4 Å². The number of aliphatic hydroxyl groups is 2. The molecular weight excluding hydrogens is 194 g/mol. The van der Waals surface area contributed by atoms with Crippen molar-refractivity contribution in [2.45, 2.75) is 43.9 Å². The quantitative estimate of drug-likeness (QED) is 0.680. The van der Waals surface area contributed by atoms with Crippen LogP contribution in [0.15, 0.2) is 0 Å². The van der Waals surface area contributed by atoms with Gasteiger partial charge in [-0.05, 0) is 12.8 Å². The van der Waals surface area contributed by atoms with Crippen LogP contribution in [0.25, 0.3) is 0 Å². The van der Waals surface area contributed by atoms with E-state index in [9.17, 15) is 5.11 Å². The first-order valence-corrected chi connectivity index (χ1v) is 5.96. The van der Waals surface area contributed by atoms with Gasteiger partial charge in [0.05, 0.1) is 25.4 Å². The standard InChI is InChI=1S/C11H21NO3/c13-8-9-7-12(5-6-15-9)10-3-1-2-4-11(10)14/h9-11,13-14H,1-8H2. The van der Waals surface area contributed by atoms with Crippen LogP contribution >= 0.6 is 0 Å². The topological polar surface area (TPSA) is 52.9 Å². The van der Waals surface area contributed by atoms with Crippen LogP contribution in [0.5, 0.6) is 0 Å². The molecule has 0 aromatic carbocycles. The molecule has 0 radical (unpaired) electrons. The molecule has 0 aromatic rings. The van der Waals surface area contributed by atoms with Gasteiger partial charge in [-0.15, -0.1) is 0 Å². The SMILES string of the molecule is OCC1CN(C2CCCCC2O)CCO1. The summed E-state index contributed by atoms with van der Waals surface area (Å²) in [5.74, 6) is 0. The molecule has 3 atom stereocenters. The van der Waals surface area contributed by atoms with Gasteiger partial charge in [0.2, 0.25) is 0 Å². The summed E-state index contributed by atoms with van der Waals surface area (Å²) in [7, 11) is 0. The third kappa shape index (κ3) is 2.69. The lowest BCUT2D eigenvalue weighted by Crippen LogP contribution is -2.53. The van der Waals surface area contributed by atoms with Crippen molar-refractivity contribution < 1.29 is 14.9 Å². The molecule has 0 spiro atoms. The minimum Gasteiger partial charge on any atom is -0.394 e. The smallest absolute Gasteiger partial charge is 0.0933 e. The first kappa shape index (κ1) is 11.3. The zero-order chi connectivity index (χ0) is 10.7. The van der Waals surface area contributed by atoms with Crippen molar-refractivity contribution in [1.82, 2.24) is 4.90 Å². The van der Waals surface area contributed by atoms with E-state index < -0.39 is 0 Å². The first-order chi connectivity index (χ1) is 7.31. The van der Waals surface area contributed by atoms with E-state index in [1.807, 2.05) is 0 Å². The Hall–Kier alpha value is -0.160. The highest BCUT2D eigenvalue weighted by molar-refractivity contribution is 4.85. The number of hydrogen-bond acceptors (Lipinski definition) is 4. The van der Waals surface area contributed by atoms with E-state index in [4.69, 9.17) is 9.84 Å². The van der Waals surface area contributed by atoms with Crippen molar-refractivity contribution in [2.75, 3.05) is 26.3 Å². The Morgan fingerprint density at radius 2 is 2.07 bits per heavy atom. The molecule has 0 aromatic heterocycles. The second-order valence-electron chi connectivity index (χ2n) is 4.59. The molecule has 88 valence electrons. The Kier molecular flexibility index (Phi) is 3.97. The lowest BCUT2D eigenvalue weighted by atomic mass is 9.91. The van der Waals surface area contributed by atoms with E-state index >= 15 is 0 Å². The molecule has 1 heterocycles. The highest BCUT2D eigenvalue weighted by atomic mass is 16.5. The van der Waals surface area contributed by atoms with Gasteiger partial charge in [0.15, 0.2) is 0 Å². The number of morpholine rings is 1. The van der Waals surface area contributed by atoms with Gasteiger partial charge in [0.25, 0.3) is 0 Å². The molecule has 2 N–H and O–H groups in total. The normalized spacial score (nSPS) is 39.2. The van der Waals surface area contributed by atoms with Crippen LogP contribution in [0.3, 0.4) is 0 Å². The number of aliphatic hydroxyl groups excluding tert-OH is 2. The van der Waals surface area contributed by atoms with Gasteiger partial charge >= 0.3 is 0 Å². The Labute approximate surface area is 90.8 Å². The zero-order valence-corrected chi connectivity index (χ0v) is 9.14. The third-order valence-electron chi connectivity index (χ3n) is 3.54. The number of nitrogens with zero attached hydrogens (tertiary/aromatic N) is 1. The van der Waals surface area contributed by atoms with Gasteiger partial charge in [-0.2, -0.15) is 0 Å². The van der Waals surface area contributed by atoms with Gasteiger partial charge in [-0.3, -0.25) is 4.90 Å². The van der Waals surface area contributed by atoms with Crippen molar-refractivity contribution in [3.63, 3.8) is 0 Å². The van der Waals surface area contributed by atoms with Crippen molar-refractivity contribution in [3.8, 4) is 0 Å². The average molecular weight is 215 g/mol. The van der Waals surface area contributed by atoms with E-state index in [1.54, 1.807) is 0 Å². The molecule has 3 unspecified atom stereocenters. The van der Waals surface area contributed by atoms with Crippen molar-refractivity contribution in [1.29, 1.82) is 0 Å². The molecule has 2 rings (SSSR count). The Balaban J connectivity index is 1.90. The van der Waals surface area contributed by atoms with Gasteiger partial charge in [-0.1, -0.05) is 12.8 Å². The first-order valence-electron chi connectivity index (χ1n) is 5.96. The predicted molar refractivity (Wildman–Crippen MR) is 56.7 cm³/mol. The average Bonchev–Trinajstić information content (AvgIpc) is 2.30. The van der Waals surface area contributed by atoms with Gasteiger partial charge in [0.1, 0.15) is 0 Å². The summed E-state index contributed by atoms with van der Waals surface area (Å²) in [5.41, 5.74) is 0. The number of rotatable bonds is 2. The molecule has 0 amide bonds. The maximum Gasteiger partial charge on any atom is 0.0933 e. The van der Waals surface area contributed by atoms with Crippen LogP contribution in [0, 0.1) is 0 Å². The highest BCUT2D eigenvalue weighted by Gasteiger charge is 2.32. The van der Waals surface area contributed by atoms with E-state index in [1.165, 1.54) is 6.42 Å². The molecule has 1 aliphatic carbocycles. The van der Waals surface area contributed by atoms with Crippen molar-refractivity contribution in [2.24, 2.45) is 0 Å². The molecule has 0 bridgehead atoms. The Morgan fingerprint density at radius 1 is 1.27 bits per heavy atom. The summed E-state index contributed by atoms with van der Waals surface area (Å²) in [5, 5.41) is 19.0. The highest BCUT2D eigenvalue weighted by Crippen LogP contribution is 2.24. The van der Waals surface area contributed by atoms with Gasteiger partial charge in [0, 0.05) is 19.1 Å². The maximum absolute atomic E-state index is 9.94. The van der Waals surface area contributed by atoms with Crippen LogP contribution in [0.1, 0.15) is 25.7 Å². The molecule has 2 aliphatic rings. The zero-order valence-electron chi connectivity index (χ0n) is 9.14. The predicted octanol–water partition coefficient (Wildman–Crippen LogP) is -0.0170. The third-order valence-corrected chi connectivity index (χ3v) is 3.54. The van der Waals surface area contributed by atoms with Crippen LogP contribution in [0.2, 0.25) is 0 Å². The summed E-state index contributed by atoms with van der Waals surface area (Å²) in [6, 6.07) is 0.289. The van der Waals surface area contributed by atoms with Crippen LogP contribution in [-0.2, 0) is 4.74 Å². The molecule has 1 saturated carbocycles.